The number of carbonyl (C=O) groups is 1. The molecule has 102 valence electrons. The Bertz CT molecular complexity index is 326. The van der Waals surface area contributed by atoms with Gasteiger partial charge < -0.3 is 15.4 Å². The number of hydrogen-bond acceptors (Lipinski definition) is 3. The van der Waals surface area contributed by atoms with Gasteiger partial charge in [0, 0.05) is 18.8 Å². The number of hydrogen-bond donors (Lipinski definition) is 2. The van der Waals surface area contributed by atoms with Gasteiger partial charge in [0.1, 0.15) is 0 Å². The van der Waals surface area contributed by atoms with Gasteiger partial charge in [0.25, 0.3) is 0 Å². The second-order valence-corrected chi connectivity index (χ2v) is 6.40. The molecule has 3 aliphatic rings. The summed E-state index contributed by atoms with van der Waals surface area (Å²) in [6.07, 6.45) is 5.67. The SMILES string of the molecule is CC1(NC(=O)C2NCC3CCCC32)CCOCC1. The molecule has 0 aromatic rings. The Labute approximate surface area is 109 Å². The van der Waals surface area contributed by atoms with Gasteiger partial charge in [-0.15, -0.1) is 0 Å². The topological polar surface area (TPSA) is 50.4 Å². The Balaban J connectivity index is 1.61. The first-order chi connectivity index (χ1) is 8.68. The van der Waals surface area contributed by atoms with Crippen molar-refractivity contribution in [2.24, 2.45) is 11.8 Å². The van der Waals surface area contributed by atoms with Crippen molar-refractivity contribution in [1.29, 1.82) is 0 Å². The first-order valence-corrected chi connectivity index (χ1v) is 7.31. The van der Waals surface area contributed by atoms with Gasteiger partial charge in [0.15, 0.2) is 0 Å². The van der Waals surface area contributed by atoms with E-state index < -0.39 is 0 Å². The van der Waals surface area contributed by atoms with E-state index in [2.05, 4.69) is 17.6 Å². The van der Waals surface area contributed by atoms with E-state index in [9.17, 15) is 4.79 Å². The fraction of sp³-hybridized carbons (Fsp3) is 0.929. The molecular weight excluding hydrogens is 228 g/mol. The third-order valence-electron chi connectivity index (χ3n) is 5.05. The number of rotatable bonds is 2. The summed E-state index contributed by atoms with van der Waals surface area (Å²) in [6, 6.07) is 0.0529. The molecule has 1 aliphatic carbocycles. The van der Waals surface area contributed by atoms with Crippen molar-refractivity contribution in [2.75, 3.05) is 19.8 Å². The molecule has 1 amide bonds. The molecule has 4 heteroatoms. The summed E-state index contributed by atoms with van der Waals surface area (Å²) < 4.78 is 5.37. The van der Waals surface area contributed by atoms with Gasteiger partial charge >= 0.3 is 0 Å². The minimum absolute atomic E-state index is 0.0529. The van der Waals surface area contributed by atoms with E-state index in [1.165, 1.54) is 19.3 Å². The van der Waals surface area contributed by atoms with E-state index in [4.69, 9.17) is 4.74 Å². The number of amides is 1. The third-order valence-corrected chi connectivity index (χ3v) is 5.05. The fourth-order valence-electron chi connectivity index (χ4n) is 3.80. The quantitative estimate of drug-likeness (QED) is 0.772. The molecule has 3 rings (SSSR count). The minimum Gasteiger partial charge on any atom is -0.381 e. The first-order valence-electron chi connectivity index (χ1n) is 7.31. The molecule has 0 aromatic heterocycles. The lowest BCUT2D eigenvalue weighted by Crippen LogP contribution is -2.55. The maximum atomic E-state index is 12.4. The highest BCUT2D eigenvalue weighted by Crippen LogP contribution is 2.38. The smallest absolute Gasteiger partial charge is 0.237 e. The van der Waals surface area contributed by atoms with Crippen molar-refractivity contribution in [2.45, 2.75) is 50.6 Å². The van der Waals surface area contributed by atoms with E-state index in [0.717, 1.165) is 38.5 Å². The average molecular weight is 252 g/mol. The predicted molar refractivity (Wildman–Crippen MR) is 69.2 cm³/mol. The maximum Gasteiger partial charge on any atom is 0.237 e. The van der Waals surface area contributed by atoms with Crippen LogP contribution in [-0.4, -0.2) is 37.2 Å². The largest absolute Gasteiger partial charge is 0.381 e. The second kappa shape index (κ2) is 4.82. The Kier molecular flexibility index (Phi) is 3.32. The van der Waals surface area contributed by atoms with Gasteiger partial charge in [-0.1, -0.05) is 6.42 Å². The van der Waals surface area contributed by atoms with E-state index in [0.29, 0.717) is 5.92 Å². The summed E-state index contributed by atoms with van der Waals surface area (Å²) in [7, 11) is 0. The molecule has 0 spiro atoms. The van der Waals surface area contributed by atoms with E-state index >= 15 is 0 Å². The highest BCUT2D eigenvalue weighted by molar-refractivity contribution is 5.83. The minimum atomic E-state index is -0.0618. The summed E-state index contributed by atoms with van der Waals surface area (Å²) in [4.78, 5) is 12.4. The molecule has 2 N–H and O–H groups in total. The molecule has 0 bridgehead atoms. The van der Waals surface area contributed by atoms with Crippen molar-refractivity contribution in [3.8, 4) is 0 Å². The highest BCUT2D eigenvalue weighted by atomic mass is 16.5. The summed E-state index contributed by atoms with van der Waals surface area (Å²) >= 11 is 0. The zero-order valence-electron chi connectivity index (χ0n) is 11.2. The van der Waals surface area contributed by atoms with Crippen LogP contribution in [0.1, 0.15) is 39.0 Å². The number of nitrogens with one attached hydrogen (secondary N) is 2. The van der Waals surface area contributed by atoms with E-state index in [1.54, 1.807) is 0 Å². The number of fused-ring (bicyclic) bond motifs is 1. The fourth-order valence-corrected chi connectivity index (χ4v) is 3.80. The molecule has 3 atom stereocenters. The van der Waals surface area contributed by atoms with Crippen LogP contribution in [0.5, 0.6) is 0 Å². The lowest BCUT2D eigenvalue weighted by atomic mass is 9.89. The zero-order valence-corrected chi connectivity index (χ0v) is 11.2. The molecule has 4 nitrogen and oxygen atoms in total. The number of carbonyl (C=O) groups excluding carboxylic acids is 1. The highest BCUT2D eigenvalue weighted by Gasteiger charge is 2.43. The van der Waals surface area contributed by atoms with Crippen molar-refractivity contribution < 1.29 is 9.53 Å². The third kappa shape index (κ3) is 2.28. The normalized spacial score (nSPS) is 38.4. The molecular formula is C14H24N2O2. The Hall–Kier alpha value is -0.610. The molecule has 3 unspecified atom stereocenters. The van der Waals surface area contributed by atoms with Crippen LogP contribution in [0.15, 0.2) is 0 Å². The Morgan fingerprint density at radius 1 is 1.33 bits per heavy atom. The molecule has 0 aromatic carbocycles. The van der Waals surface area contributed by atoms with Gasteiger partial charge in [0.05, 0.1) is 6.04 Å². The van der Waals surface area contributed by atoms with Crippen molar-refractivity contribution in [1.82, 2.24) is 10.6 Å². The van der Waals surface area contributed by atoms with Gasteiger partial charge in [-0.25, -0.2) is 0 Å². The predicted octanol–water partition coefficient (Wildman–Crippen LogP) is 1.06. The van der Waals surface area contributed by atoms with Crippen molar-refractivity contribution in [3.05, 3.63) is 0 Å². The molecule has 3 fully saturated rings. The van der Waals surface area contributed by atoms with Gasteiger partial charge in [-0.05, 0) is 51.0 Å². The molecule has 2 aliphatic heterocycles. The monoisotopic (exact) mass is 252 g/mol. The summed E-state index contributed by atoms with van der Waals surface area (Å²) in [5.74, 6) is 1.53. The van der Waals surface area contributed by atoms with Crippen LogP contribution in [0.2, 0.25) is 0 Å². The zero-order chi connectivity index (χ0) is 12.6. The Morgan fingerprint density at radius 2 is 2.11 bits per heavy atom. The molecule has 1 saturated carbocycles. The molecule has 18 heavy (non-hydrogen) atoms. The lowest BCUT2D eigenvalue weighted by Gasteiger charge is -2.35. The van der Waals surface area contributed by atoms with Crippen LogP contribution < -0.4 is 10.6 Å². The van der Waals surface area contributed by atoms with Gasteiger partial charge in [-0.3, -0.25) is 4.79 Å². The summed E-state index contributed by atoms with van der Waals surface area (Å²) in [6.45, 7) is 4.71. The summed E-state index contributed by atoms with van der Waals surface area (Å²) in [5.41, 5.74) is -0.0618. The van der Waals surface area contributed by atoms with Crippen LogP contribution in [0.25, 0.3) is 0 Å². The van der Waals surface area contributed by atoms with Gasteiger partial charge in [0.2, 0.25) is 5.91 Å². The number of ether oxygens (including phenoxy) is 1. The summed E-state index contributed by atoms with van der Waals surface area (Å²) in [5, 5.41) is 6.69. The lowest BCUT2D eigenvalue weighted by molar-refractivity contribution is -0.126. The van der Waals surface area contributed by atoms with Crippen LogP contribution in [-0.2, 0) is 9.53 Å². The van der Waals surface area contributed by atoms with Crippen LogP contribution in [0.3, 0.4) is 0 Å². The Morgan fingerprint density at radius 3 is 2.89 bits per heavy atom. The van der Waals surface area contributed by atoms with E-state index in [1.807, 2.05) is 0 Å². The first kappa shape index (κ1) is 12.4. The molecule has 2 saturated heterocycles. The maximum absolute atomic E-state index is 12.4. The van der Waals surface area contributed by atoms with Crippen LogP contribution >= 0.6 is 0 Å². The standard InChI is InChI=1S/C14H24N2O2/c1-14(5-7-18-8-6-14)16-13(17)12-11-4-2-3-10(11)9-15-12/h10-12,15H,2-9H2,1H3,(H,16,17). The van der Waals surface area contributed by atoms with Crippen molar-refractivity contribution >= 4 is 5.91 Å². The van der Waals surface area contributed by atoms with Gasteiger partial charge in [-0.2, -0.15) is 0 Å². The van der Waals surface area contributed by atoms with Crippen LogP contribution in [0, 0.1) is 11.8 Å². The second-order valence-electron chi connectivity index (χ2n) is 6.40. The molecule has 0 radical (unpaired) electrons. The van der Waals surface area contributed by atoms with Crippen LogP contribution in [0.4, 0.5) is 0 Å². The van der Waals surface area contributed by atoms with E-state index in [-0.39, 0.29) is 17.5 Å². The molecule has 2 heterocycles. The average Bonchev–Trinajstić information content (AvgIpc) is 2.90. The van der Waals surface area contributed by atoms with Crippen molar-refractivity contribution in [3.63, 3.8) is 0 Å².